The van der Waals surface area contributed by atoms with E-state index in [1.807, 2.05) is 18.2 Å². The van der Waals surface area contributed by atoms with Crippen LogP contribution in [0.25, 0.3) is 22.2 Å². The largest absolute Gasteiger partial charge is 0.489 e. The van der Waals surface area contributed by atoms with Gasteiger partial charge in [-0.25, -0.2) is 17.5 Å². The highest BCUT2D eigenvalue weighted by Crippen LogP contribution is 2.45. The predicted molar refractivity (Wildman–Crippen MR) is 247 cm³/mol. The Morgan fingerprint density at radius 2 is 1.67 bits per heavy atom. The molecular weight excluding hydrogens is 862 g/mol. The summed E-state index contributed by atoms with van der Waals surface area (Å²) in [7, 11) is -6.23. The fourth-order valence-corrected chi connectivity index (χ4v) is 10.6. The van der Waals surface area contributed by atoms with Crippen LogP contribution in [0.2, 0.25) is 0 Å². The van der Waals surface area contributed by atoms with Gasteiger partial charge in [-0.2, -0.15) is 17.0 Å². The molecule has 2 saturated heterocycles. The van der Waals surface area contributed by atoms with Gasteiger partial charge >= 0.3 is 10.2 Å². The summed E-state index contributed by atoms with van der Waals surface area (Å²) in [5.74, 6) is -1.56. The van der Waals surface area contributed by atoms with Crippen molar-refractivity contribution in [2.45, 2.75) is 64.0 Å². The van der Waals surface area contributed by atoms with Gasteiger partial charge in [0.05, 0.1) is 17.5 Å². The van der Waals surface area contributed by atoms with Crippen LogP contribution in [0, 0.1) is 5.82 Å². The van der Waals surface area contributed by atoms with Gasteiger partial charge in [-0.3, -0.25) is 14.4 Å². The summed E-state index contributed by atoms with van der Waals surface area (Å²) in [4.78, 5) is 43.6. The van der Waals surface area contributed by atoms with E-state index in [0.29, 0.717) is 50.4 Å². The van der Waals surface area contributed by atoms with Crippen molar-refractivity contribution < 1.29 is 40.3 Å². The predicted octanol–water partition coefficient (Wildman–Crippen LogP) is 5.68. The second-order valence-corrected chi connectivity index (χ2v) is 20.3. The lowest BCUT2D eigenvalue weighted by Gasteiger charge is -2.36. The van der Waals surface area contributed by atoms with E-state index in [0.717, 1.165) is 70.7 Å². The molecule has 3 amide bonds. The number of aromatic nitrogens is 1. The first-order chi connectivity index (χ1) is 30.6. The number of nitrogens with one attached hydrogen (secondary N) is 2. The van der Waals surface area contributed by atoms with E-state index < -0.39 is 32.0 Å². The van der Waals surface area contributed by atoms with Gasteiger partial charge < -0.3 is 24.4 Å². The van der Waals surface area contributed by atoms with Gasteiger partial charge in [0.25, 0.3) is 5.91 Å². The molecule has 0 atom stereocenters. The number of halogens is 1. The van der Waals surface area contributed by atoms with Crippen molar-refractivity contribution in [3.8, 4) is 17.0 Å². The van der Waals surface area contributed by atoms with Crippen LogP contribution in [0.3, 0.4) is 0 Å². The molecule has 2 aliphatic heterocycles. The quantitative estimate of drug-likeness (QED) is 0.127. The van der Waals surface area contributed by atoms with Crippen molar-refractivity contribution >= 4 is 60.2 Å². The number of fused-ring (bicyclic) bond motifs is 1. The highest BCUT2D eigenvalue weighted by atomic mass is 32.2. The van der Waals surface area contributed by atoms with E-state index in [1.54, 1.807) is 45.9 Å². The lowest BCUT2D eigenvalue weighted by molar-refractivity contribution is -0.121. The summed E-state index contributed by atoms with van der Waals surface area (Å²) in [6.45, 7) is 9.37. The van der Waals surface area contributed by atoms with Gasteiger partial charge in [0.1, 0.15) is 24.7 Å². The van der Waals surface area contributed by atoms with Crippen LogP contribution in [-0.2, 0) is 43.0 Å². The summed E-state index contributed by atoms with van der Waals surface area (Å²) >= 11 is 0. The Morgan fingerprint density at radius 1 is 0.922 bits per heavy atom. The number of hydrogen-bond donors (Lipinski definition) is 2. The Labute approximate surface area is 374 Å². The molecule has 3 fully saturated rings. The minimum Gasteiger partial charge on any atom is -0.489 e. The summed E-state index contributed by atoms with van der Waals surface area (Å²) in [6, 6.07) is 15.2. The van der Waals surface area contributed by atoms with Gasteiger partial charge in [-0.1, -0.05) is 37.5 Å². The minimum absolute atomic E-state index is 0.0131. The summed E-state index contributed by atoms with van der Waals surface area (Å²) in [5.41, 5.74) is 4.35. The van der Waals surface area contributed by atoms with Gasteiger partial charge in [0.15, 0.2) is 0 Å². The second kappa shape index (κ2) is 19.7. The van der Waals surface area contributed by atoms with Crippen molar-refractivity contribution in [3.63, 3.8) is 0 Å². The fourth-order valence-electron chi connectivity index (χ4n) is 8.98. The number of carbonyl (C=O) groups is 3. The lowest BCUT2D eigenvalue weighted by Crippen LogP contribution is -2.48. The SMILES string of the molecule is C=CCNC(=O)Cn1c(-c2ccc(OCc3cc(N4CCCC4=O)ccc3N3CCN(S(C)(=O)=O)CC3)cc2F)c(C2CCCCC2)c2ccc(C(=O)NS(=O)(=O)N(C)CC=C)cc21. The maximum Gasteiger partial charge on any atom is 0.304 e. The number of amides is 3. The van der Waals surface area contributed by atoms with E-state index in [1.165, 1.54) is 29.8 Å². The molecule has 342 valence electrons. The van der Waals surface area contributed by atoms with Crippen LogP contribution in [0.4, 0.5) is 15.8 Å². The third-order valence-corrected chi connectivity index (χ3v) is 14.9. The highest BCUT2D eigenvalue weighted by Gasteiger charge is 2.31. The van der Waals surface area contributed by atoms with Gasteiger partial charge in [0.2, 0.25) is 21.8 Å². The summed E-state index contributed by atoms with van der Waals surface area (Å²) < 4.78 is 79.8. The standard InChI is InChI=1S/C46H56FN7O8S2/c1-5-20-48-42(55)30-54-41-28-33(46(57)49-64(60,61)50(3)21-6-2)14-17-38(41)44(32-11-8-7-9-12-32)45(54)37-18-16-36(29-39(37)47)62-31-34-27-35(53-22-10-13-43(53)56)15-19-40(34)51-23-25-52(26-24-51)63(4,58)59/h5-6,14-19,27-29,32H,1-2,7-13,20-26,30-31H2,3-4H3,(H,48,55)(H,49,57). The number of ether oxygens (including phenoxy) is 1. The number of hydrogen-bond acceptors (Lipinski definition) is 9. The molecular formula is C46H56FN7O8S2. The molecule has 0 spiro atoms. The number of nitrogens with zero attached hydrogens (tertiary/aromatic N) is 5. The second-order valence-electron chi connectivity index (χ2n) is 16.6. The fraction of sp³-hybridized carbons (Fsp3) is 0.413. The zero-order valence-electron chi connectivity index (χ0n) is 36.4. The van der Waals surface area contributed by atoms with E-state index in [-0.39, 0.29) is 60.8 Å². The van der Waals surface area contributed by atoms with Crippen molar-refractivity contribution in [1.29, 1.82) is 0 Å². The highest BCUT2D eigenvalue weighted by molar-refractivity contribution is 7.88. The van der Waals surface area contributed by atoms with Crippen LogP contribution < -0.4 is 24.6 Å². The molecule has 3 heterocycles. The molecule has 3 aromatic carbocycles. The Hall–Kier alpha value is -5.56. The number of likely N-dealkylation sites (N-methyl/N-ethyl adjacent to an activating group) is 1. The molecule has 1 aliphatic carbocycles. The average molecular weight is 918 g/mol. The van der Waals surface area contributed by atoms with Crippen LogP contribution in [0.1, 0.15) is 72.3 Å². The maximum absolute atomic E-state index is 16.9. The number of rotatable bonds is 17. The Morgan fingerprint density at radius 3 is 2.33 bits per heavy atom. The average Bonchev–Trinajstić information content (AvgIpc) is 3.85. The molecule has 0 bridgehead atoms. The molecule has 0 radical (unpaired) electrons. The lowest BCUT2D eigenvalue weighted by atomic mass is 9.81. The third kappa shape index (κ3) is 10.2. The monoisotopic (exact) mass is 917 g/mol. The normalized spacial score (nSPS) is 16.7. The van der Waals surface area contributed by atoms with Gasteiger partial charge in [-0.05, 0) is 73.2 Å². The number of anilines is 2. The first-order valence-electron chi connectivity index (χ1n) is 21.6. The minimum atomic E-state index is -4.20. The van der Waals surface area contributed by atoms with E-state index in [2.05, 4.69) is 28.1 Å². The summed E-state index contributed by atoms with van der Waals surface area (Å²) in [5, 5.41) is 3.53. The van der Waals surface area contributed by atoms with Crippen LogP contribution in [0.15, 0.2) is 79.9 Å². The molecule has 4 aromatic rings. The zero-order valence-corrected chi connectivity index (χ0v) is 38.0. The molecule has 15 nitrogen and oxygen atoms in total. The molecule has 0 unspecified atom stereocenters. The van der Waals surface area contributed by atoms with Crippen molar-refractivity contribution in [2.75, 3.05) is 68.9 Å². The zero-order chi connectivity index (χ0) is 45.8. The number of carbonyl (C=O) groups excluding carboxylic acids is 3. The number of benzene rings is 3. The third-order valence-electron chi connectivity index (χ3n) is 12.2. The van der Waals surface area contributed by atoms with Crippen molar-refractivity contribution in [2.24, 2.45) is 0 Å². The Bertz CT molecular complexity index is 2670. The van der Waals surface area contributed by atoms with Crippen molar-refractivity contribution in [3.05, 3.63) is 102 Å². The smallest absolute Gasteiger partial charge is 0.304 e. The Balaban J connectivity index is 1.26. The molecule has 1 aromatic heterocycles. The van der Waals surface area contributed by atoms with Crippen molar-refractivity contribution in [1.82, 2.24) is 23.2 Å². The van der Waals surface area contributed by atoms with Crippen LogP contribution in [-0.4, -0.2) is 107 Å². The van der Waals surface area contributed by atoms with Crippen LogP contribution in [0.5, 0.6) is 5.75 Å². The molecule has 2 N–H and O–H groups in total. The topological polar surface area (TPSA) is 171 Å². The van der Waals surface area contributed by atoms with Gasteiger partial charge in [0, 0.05) is 98.8 Å². The first kappa shape index (κ1) is 46.4. The Kier molecular flexibility index (Phi) is 14.3. The molecule has 1 saturated carbocycles. The van der Waals surface area contributed by atoms with E-state index >= 15 is 4.39 Å². The van der Waals surface area contributed by atoms with Crippen LogP contribution >= 0.6 is 0 Å². The molecule has 3 aliphatic rings. The number of sulfonamides is 1. The van der Waals surface area contributed by atoms with Gasteiger partial charge in [-0.15, -0.1) is 13.2 Å². The molecule has 64 heavy (non-hydrogen) atoms. The maximum atomic E-state index is 16.9. The molecule has 18 heteroatoms. The van der Waals surface area contributed by atoms with E-state index in [4.69, 9.17) is 4.74 Å². The first-order valence-corrected chi connectivity index (χ1v) is 24.9. The number of piperazine rings is 1. The van der Waals surface area contributed by atoms with E-state index in [9.17, 15) is 31.2 Å². The molecule has 7 rings (SSSR count). The summed E-state index contributed by atoms with van der Waals surface area (Å²) in [6.07, 6.45) is 10.0.